The number of nitrogen functional groups attached to an aromatic ring is 2. The fourth-order valence-electron chi connectivity index (χ4n) is 2.52. The first-order valence-corrected chi connectivity index (χ1v) is 7.42. The van der Waals surface area contributed by atoms with Crippen LogP contribution in [0.1, 0.15) is 36.2 Å². The fraction of sp³-hybridized carbons (Fsp3) is 0.333. The maximum Gasteiger partial charge on any atom is 0.343 e. The van der Waals surface area contributed by atoms with Crippen molar-refractivity contribution in [3.63, 3.8) is 0 Å². The number of esters is 1. The summed E-state index contributed by atoms with van der Waals surface area (Å²) in [5.41, 5.74) is 12.1. The summed E-state index contributed by atoms with van der Waals surface area (Å²) in [5, 5.41) is 0.516. The molecule has 7 heteroatoms. The van der Waals surface area contributed by atoms with Gasteiger partial charge in [-0.1, -0.05) is 11.6 Å². The van der Waals surface area contributed by atoms with Crippen LogP contribution in [0, 0.1) is 0 Å². The van der Waals surface area contributed by atoms with E-state index in [-0.39, 0.29) is 35.0 Å². The molecular formula is C15H16ClN3O3. The van der Waals surface area contributed by atoms with Crippen LogP contribution in [0.2, 0.25) is 5.02 Å². The van der Waals surface area contributed by atoms with Gasteiger partial charge in [-0.25, -0.2) is 4.79 Å². The molecule has 0 amide bonds. The van der Waals surface area contributed by atoms with Crippen molar-refractivity contribution in [2.45, 2.75) is 25.8 Å². The Morgan fingerprint density at radius 1 is 1.41 bits per heavy atom. The van der Waals surface area contributed by atoms with Gasteiger partial charge < -0.3 is 20.8 Å². The number of carbonyl (C=O) groups is 1. The van der Waals surface area contributed by atoms with E-state index < -0.39 is 11.4 Å². The first-order valence-electron chi connectivity index (χ1n) is 7.05. The number of rotatable bonds is 3. The second-order valence-corrected chi connectivity index (χ2v) is 5.72. The minimum atomic E-state index is -0.656. The van der Waals surface area contributed by atoms with E-state index in [4.69, 9.17) is 27.8 Å². The summed E-state index contributed by atoms with van der Waals surface area (Å²) in [5.74, 6) is -0.656. The van der Waals surface area contributed by atoms with Crippen LogP contribution in [0.5, 0.6) is 0 Å². The molecular weight excluding hydrogens is 306 g/mol. The molecule has 0 radical (unpaired) electrons. The Hall–Kier alpha value is -2.21. The third-order valence-electron chi connectivity index (χ3n) is 3.79. The van der Waals surface area contributed by atoms with Gasteiger partial charge in [0.1, 0.15) is 5.56 Å². The summed E-state index contributed by atoms with van der Waals surface area (Å²) in [7, 11) is 0. The van der Waals surface area contributed by atoms with Crippen LogP contribution in [0.4, 0.5) is 11.4 Å². The number of nitrogens with two attached hydrogens (primary N) is 2. The number of pyridine rings is 1. The Morgan fingerprint density at radius 2 is 2.09 bits per heavy atom. The first-order chi connectivity index (χ1) is 10.5. The lowest BCUT2D eigenvalue weighted by Crippen LogP contribution is -2.22. The number of halogens is 1. The second kappa shape index (κ2) is 5.21. The van der Waals surface area contributed by atoms with Gasteiger partial charge in [0.05, 0.1) is 33.9 Å². The molecule has 6 nitrogen and oxygen atoms in total. The SMILES string of the molecule is CCOC(=O)c1cn(C2CC2)c2cc(Cl)c(N)c(N)c2c1=O. The van der Waals surface area contributed by atoms with Crippen molar-refractivity contribution < 1.29 is 9.53 Å². The molecule has 0 bridgehead atoms. The van der Waals surface area contributed by atoms with E-state index in [9.17, 15) is 9.59 Å². The molecule has 1 aliphatic carbocycles. The van der Waals surface area contributed by atoms with E-state index in [0.29, 0.717) is 10.5 Å². The van der Waals surface area contributed by atoms with E-state index in [1.165, 1.54) is 6.20 Å². The lowest BCUT2D eigenvalue weighted by Gasteiger charge is -2.15. The number of anilines is 2. The molecule has 0 spiro atoms. The fourth-order valence-corrected chi connectivity index (χ4v) is 2.73. The average Bonchev–Trinajstić information content (AvgIpc) is 3.29. The minimum absolute atomic E-state index is 0.0327. The van der Waals surface area contributed by atoms with E-state index in [1.807, 2.05) is 4.57 Å². The lowest BCUT2D eigenvalue weighted by molar-refractivity contribution is 0.0524. The molecule has 0 atom stereocenters. The van der Waals surface area contributed by atoms with Crippen LogP contribution >= 0.6 is 11.6 Å². The van der Waals surface area contributed by atoms with Crippen molar-refractivity contribution >= 4 is 39.8 Å². The normalized spacial score (nSPS) is 14.3. The quantitative estimate of drug-likeness (QED) is 0.667. The topological polar surface area (TPSA) is 100 Å². The van der Waals surface area contributed by atoms with E-state index in [2.05, 4.69) is 0 Å². The Bertz CT molecular complexity index is 840. The van der Waals surface area contributed by atoms with Gasteiger partial charge in [0.25, 0.3) is 0 Å². The van der Waals surface area contributed by atoms with Gasteiger partial charge in [-0.05, 0) is 25.8 Å². The molecule has 22 heavy (non-hydrogen) atoms. The predicted octanol–water partition coefficient (Wildman–Crippen LogP) is 2.33. The van der Waals surface area contributed by atoms with Crippen LogP contribution in [0.15, 0.2) is 17.1 Å². The third kappa shape index (κ3) is 2.20. The van der Waals surface area contributed by atoms with Gasteiger partial charge in [-0.15, -0.1) is 0 Å². The molecule has 1 aromatic carbocycles. The summed E-state index contributed by atoms with van der Waals surface area (Å²) in [6.45, 7) is 1.88. The highest BCUT2D eigenvalue weighted by Crippen LogP contribution is 2.40. The van der Waals surface area contributed by atoms with Crippen LogP contribution in [0.25, 0.3) is 10.9 Å². The zero-order valence-corrected chi connectivity index (χ0v) is 12.8. The summed E-state index contributed by atoms with van der Waals surface area (Å²) < 4.78 is 6.82. The first kappa shape index (κ1) is 14.7. The van der Waals surface area contributed by atoms with Gasteiger partial charge in [-0.2, -0.15) is 0 Å². The molecule has 0 unspecified atom stereocenters. The molecule has 2 aromatic rings. The van der Waals surface area contributed by atoms with Crippen LogP contribution in [-0.2, 0) is 4.74 Å². The van der Waals surface area contributed by atoms with Crippen LogP contribution in [-0.4, -0.2) is 17.1 Å². The van der Waals surface area contributed by atoms with Crippen LogP contribution in [0.3, 0.4) is 0 Å². The number of fused-ring (bicyclic) bond motifs is 1. The van der Waals surface area contributed by atoms with Crippen molar-refractivity contribution in [2.24, 2.45) is 0 Å². The maximum absolute atomic E-state index is 12.6. The highest BCUT2D eigenvalue weighted by molar-refractivity contribution is 6.35. The van der Waals surface area contributed by atoms with E-state index in [0.717, 1.165) is 12.8 Å². The zero-order chi connectivity index (χ0) is 16.0. The van der Waals surface area contributed by atoms with Crippen molar-refractivity contribution in [2.75, 3.05) is 18.1 Å². The number of aromatic nitrogens is 1. The standard InChI is InChI=1S/C15H16ClN3O3/c1-2-22-15(21)8-6-19(7-3-4-7)10-5-9(16)12(17)13(18)11(10)14(8)20/h5-7H,2-4,17-18H2,1H3. The number of carbonyl (C=O) groups excluding carboxylic acids is 1. The Labute approximate surface area is 131 Å². The average molecular weight is 322 g/mol. The highest BCUT2D eigenvalue weighted by atomic mass is 35.5. The maximum atomic E-state index is 12.6. The minimum Gasteiger partial charge on any atom is -0.462 e. The van der Waals surface area contributed by atoms with Crippen LogP contribution < -0.4 is 16.9 Å². The van der Waals surface area contributed by atoms with Gasteiger partial charge >= 0.3 is 5.97 Å². The largest absolute Gasteiger partial charge is 0.462 e. The van der Waals surface area contributed by atoms with Crippen molar-refractivity contribution in [3.8, 4) is 0 Å². The van der Waals surface area contributed by atoms with E-state index >= 15 is 0 Å². The monoisotopic (exact) mass is 321 g/mol. The molecule has 4 N–H and O–H groups in total. The molecule has 0 aliphatic heterocycles. The summed E-state index contributed by atoms with van der Waals surface area (Å²) in [6, 6.07) is 1.85. The number of benzene rings is 1. The Morgan fingerprint density at radius 3 is 2.68 bits per heavy atom. The summed E-state index contributed by atoms with van der Waals surface area (Å²) in [4.78, 5) is 24.7. The molecule has 1 fully saturated rings. The predicted molar refractivity (Wildman–Crippen MR) is 86.3 cm³/mol. The lowest BCUT2D eigenvalue weighted by atomic mass is 10.1. The van der Waals surface area contributed by atoms with Gasteiger partial charge in [-0.3, -0.25) is 4.79 Å². The third-order valence-corrected chi connectivity index (χ3v) is 4.10. The number of hydrogen-bond donors (Lipinski definition) is 2. The molecule has 1 aromatic heterocycles. The summed E-state index contributed by atoms with van der Waals surface area (Å²) >= 11 is 6.08. The van der Waals surface area contributed by atoms with Crippen molar-refractivity contribution in [1.29, 1.82) is 0 Å². The molecule has 1 heterocycles. The Balaban J connectivity index is 2.39. The Kier molecular flexibility index (Phi) is 3.48. The van der Waals surface area contributed by atoms with Gasteiger partial charge in [0, 0.05) is 12.2 Å². The second-order valence-electron chi connectivity index (χ2n) is 5.31. The zero-order valence-electron chi connectivity index (χ0n) is 12.1. The highest BCUT2D eigenvalue weighted by Gasteiger charge is 2.28. The number of hydrogen-bond acceptors (Lipinski definition) is 5. The summed E-state index contributed by atoms with van der Waals surface area (Å²) in [6.07, 6.45) is 3.48. The van der Waals surface area contributed by atoms with E-state index in [1.54, 1.807) is 13.0 Å². The molecule has 1 aliphatic rings. The molecule has 0 saturated heterocycles. The van der Waals surface area contributed by atoms with Gasteiger partial charge in [0.15, 0.2) is 0 Å². The van der Waals surface area contributed by atoms with Crippen molar-refractivity contribution in [3.05, 3.63) is 33.1 Å². The molecule has 116 valence electrons. The number of ether oxygens (including phenoxy) is 1. The molecule has 1 saturated carbocycles. The number of nitrogens with zero attached hydrogens (tertiary/aromatic N) is 1. The smallest absolute Gasteiger partial charge is 0.343 e. The molecule has 3 rings (SSSR count). The van der Waals surface area contributed by atoms with Crippen molar-refractivity contribution in [1.82, 2.24) is 4.57 Å². The van der Waals surface area contributed by atoms with Gasteiger partial charge in [0.2, 0.25) is 5.43 Å².